The molecule has 1 aromatic rings. The van der Waals surface area contributed by atoms with Crippen molar-refractivity contribution < 1.29 is 19.7 Å². The van der Waals surface area contributed by atoms with Gasteiger partial charge in [0.25, 0.3) is 0 Å². The van der Waals surface area contributed by atoms with Crippen LogP contribution in [0.2, 0.25) is 0 Å². The molecule has 2 N–H and O–H groups in total. The summed E-state index contributed by atoms with van der Waals surface area (Å²) < 4.78 is 4.33. The summed E-state index contributed by atoms with van der Waals surface area (Å²) in [6, 6.07) is 1.68. The van der Waals surface area contributed by atoms with E-state index < -0.39 is 18.2 Å². The maximum absolute atomic E-state index is 11.0. The number of hydrogen-bond donors (Lipinski definition) is 2. The standard InChI is InChI=1S/C10H13NO4/c1-6-3-4-11-5-7(6)8(12)9(13)10(14)15-2/h3-5,8-9,12-13H,1-2H3. The van der Waals surface area contributed by atoms with Gasteiger partial charge < -0.3 is 14.9 Å². The smallest absolute Gasteiger partial charge is 0.337 e. The topological polar surface area (TPSA) is 79.7 Å². The number of hydrogen-bond acceptors (Lipinski definition) is 5. The summed E-state index contributed by atoms with van der Waals surface area (Å²) in [6.07, 6.45) is 0.0754. The van der Waals surface area contributed by atoms with Gasteiger partial charge >= 0.3 is 5.97 Å². The Morgan fingerprint density at radius 1 is 1.53 bits per heavy atom. The summed E-state index contributed by atoms with van der Waals surface area (Å²) in [6.45, 7) is 1.75. The van der Waals surface area contributed by atoms with Crippen LogP contribution in [0.1, 0.15) is 17.2 Å². The molecular formula is C10H13NO4. The molecule has 5 heteroatoms. The number of esters is 1. The van der Waals surface area contributed by atoms with Crippen LogP contribution in [0.3, 0.4) is 0 Å². The van der Waals surface area contributed by atoms with Crippen LogP contribution in [-0.4, -0.2) is 34.4 Å². The predicted octanol–water partition coefficient (Wildman–Crippen LogP) is -0.0427. The molecular weight excluding hydrogens is 198 g/mol. The number of aliphatic hydroxyl groups excluding tert-OH is 2. The average molecular weight is 211 g/mol. The molecule has 0 saturated carbocycles. The number of carbonyl (C=O) groups excluding carboxylic acids is 1. The Morgan fingerprint density at radius 3 is 2.73 bits per heavy atom. The average Bonchev–Trinajstić information content (AvgIpc) is 2.26. The number of aryl methyl sites for hydroxylation is 1. The van der Waals surface area contributed by atoms with Crippen molar-refractivity contribution in [1.82, 2.24) is 4.98 Å². The van der Waals surface area contributed by atoms with Crippen LogP contribution in [0, 0.1) is 6.92 Å². The van der Waals surface area contributed by atoms with Gasteiger partial charge in [0.15, 0.2) is 6.10 Å². The molecule has 1 rings (SSSR count). The van der Waals surface area contributed by atoms with E-state index in [1.807, 2.05) is 0 Å². The van der Waals surface area contributed by atoms with Crippen LogP contribution in [0.25, 0.3) is 0 Å². The van der Waals surface area contributed by atoms with Crippen molar-refractivity contribution in [2.24, 2.45) is 0 Å². The van der Waals surface area contributed by atoms with E-state index in [-0.39, 0.29) is 0 Å². The predicted molar refractivity (Wildman–Crippen MR) is 52.0 cm³/mol. The number of carbonyl (C=O) groups is 1. The highest BCUT2D eigenvalue weighted by Gasteiger charge is 2.27. The zero-order valence-electron chi connectivity index (χ0n) is 8.54. The Bertz CT molecular complexity index is 353. The van der Waals surface area contributed by atoms with Crippen molar-refractivity contribution in [3.05, 3.63) is 29.6 Å². The van der Waals surface area contributed by atoms with Crippen molar-refractivity contribution >= 4 is 5.97 Å². The van der Waals surface area contributed by atoms with Crippen molar-refractivity contribution in [3.63, 3.8) is 0 Å². The maximum atomic E-state index is 11.0. The van der Waals surface area contributed by atoms with E-state index in [2.05, 4.69) is 9.72 Å². The molecule has 0 fully saturated rings. The molecule has 0 amide bonds. The Labute approximate surface area is 87.3 Å². The summed E-state index contributed by atoms with van der Waals surface area (Å²) >= 11 is 0. The highest BCUT2D eigenvalue weighted by atomic mass is 16.5. The Hall–Kier alpha value is -1.46. The summed E-state index contributed by atoms with van der Waals surface area (Å²) in [5.74, 6) is -0.870. The first-order valence-corrected chi connectivity index (χ1v) is 4.42. The summed E-state index contributed by atoms with van der Waals surface area (Å²) in [4.78, 5) is 14.8. The highest BCUT2D eigenvalue weighted by Crippen LogP contribution is 2.19. The molecule has 1 heterocycles. The third-order valence-corrected chi connectivity index (χ3v) is 2.14. The SMILES string of the molecule is COC(=O)C(O)C(O)c1cnccc1C. The van der Waals surface area contributed by atoms with Crippen LogP contribution >= 0.6 is 0 Å². The number of aliphatic hydroxyl groups is 2. The molecule has 5 nitrogen and oxygen atoms in total. The maximum Gasteiger partial charge on any atom is 0.337 e. The second kappa shape index (κ2) is 4.86. The Morgan fingerprint density at radius 2 is 2.20 bits per heavy atom. The second-order valence-corrected chi connectivity index (χ2v) is 3.15. The van der Waals surface area contributed by atoms with E-state index in [1.165, 1.54) is 6.20 Å². The minimum Gasteiger partial charge on any atom is -0.467 e. The monoisotopic (exact) mass is 211 g/mol. The van der Waals surface area contributed by atoms with Gasteiger partial charge in [0.2, 0.25) is 0 Å². The van der Waals surface area contributed by atoms with Crippen LogP contribution in [0.4, 0.5) is 0 Å². The number of nitrogens with zero attached hydrogens (tertiary/aromatic N) is 1. The van der Waals surface area contributed by atoms with E-state index in [1.54, 1.807) is 19.2 Å². The number of aromatic nitrogens is 1. The number of rotatable bonds is 3. The fourth-order valence-electron chi connectivity index (χ4n) is 1.21. The van der Waals surface area contributed by atoms with Gasteiger partial charge in [-0.15, -0.1) is 0 Å². The van der Waals surface area contributed by atoms with Gasteiger partial charge in [-0.05, 0) is 18.6 Å². The van der Waals surface area contributed by atoms with Gasteiger partial charge in [-0.25, -0.2) is 4.79 Å². The first-order valence-electron chi connectivity index (χ1n) is 4.42. The molecule has 0 bridgehead atoms. The first kappa shape index (κ1) is 11.6. The van der Waals surface area contributed by atoms with Crippen LogP contribution < -0.4 is 0 Å². The number of ether oxygens (including phenoxy) is 1. The third kappa shape index (κ3) is 2.51. The van der Waals surface area contributed by atoms with E-state index >= 15 is 0 Å². The van der Waals surface area contributed by atoms with E-state index in [0.717, 1.165) is 12.7 Å². The lowest BCUT2D eigenvalue weighted by atomic mass is 10.0. The first-order chi connectivity index (χ1) is 7.07. The molecule has 0 aliphatic rings. The van der Waals surface area contributed by atoms with Crippen molar-refractivity contribution in [1.29, 1.82) is 0 Å². The fourth-order valence-corrected chi connectivity index (χ4v) is 1.21. The van der Waals surface area contributed by atoms with Gasteiger partial charge in [0.1, 0.15) is 6.10 Å². The summed E-state index contributed by atoms with van der Waals surface area (Å²) in [5, 5.41) is 19.1. The molecule has 0 saturated heterocycles. The lowest BCUT2D eigenvalue weighted by molar-refractivity contribution is -0.156. The van der Waals surface area contributed by atoms with Crippen molar-refractivity contribution in [3.8, 4) is 0 Å². The zero-order valence-corrected chi connectivity index (χ0v) is 8.54. The molecule has 1 aromatic heterocycles. The number of pyridine rings is 1. The van der Waals surface area contributed by atoms with E-state index in [0.29, 0.717) is 5.56 Å². The zero-order chi connectivity index (χ0) is 11.4. The Balaban J connectivity index is 2.89. The van der Waals surface area contributed by atoms with E-state index in [4.69, 9.17) is 0 Å². The highest BCUT2D eigenvalue weighted by molar-refractivity contribution is 5.75. The fraction of sp³-hybridized carbons (Fsp3) is 0.400. The van der Waals surface area contributed by atoms with Gasteiger partial charge in [-0.1, -0.05) is 0 Å². The molecule has 2 unspecified atom stereocenters. The molecule has 82 valence electrons. The van der Waals surface area contributed by atoms with Gasteiger partial charge in [-0.2, -0.15) is 0 Å². The van der Waals surface area contributed by atoms with Crippen LogP contribution in [-0.2, 0) is 9.53 Å². The van der Waals surface area contributed by atoms with Gasteiger partial charge in [0, 0.05) is 18.0 Å². The van der Waals surface area contributed by atoms with Crippen LogP contribution in [0.15, 0.2) is 18.5 Å². The molecule has 0 spiro atoms. The minimum atomic E-state index is -1.59. The number of methoxy groups -OCH3 is 1. The summed E-state index contributed by atoms with van der Waals surface area (Å²) in [5.41, 5.74) is 1.16. The molecule has 0 aliphatic heterocycles. The molecule has 0 radical (unpaired) electrons. The molecule has 2 atom stereocenters. The largest absolute Gasteiger partial charge is 0.467 e. The van der Waals surface area contributed by atoms with Gasteiger partial charge in [0.05, 0.1) is 7.11 Å². The molecule has 15 heavy (non-hydrogen) atoms. The Kier molecular flexibility index (Phi) is 3.76. The van der Waals surface area contributed by atoms with E-state index in [9.17, 15) is 15.0 Å². The van der Waals surface area contributed by atoms with Gasteiger partial charge in [-0.3, -0.25) is 4.98 Å². The summed E-state index contributed by atoms with van der Waals surface area (Å²) in [7, 11) is 1.15. The van der Waals surface area contributed by atoms with Crippen molar-refractivity contribution in [2.45, 2.75) is 19.1 Å². The lowest BCUT2D eigenvalue weighted by Crippen LogP contribution is -2.29. The second-order valence-electron chi connectivity index (χ2n) is 3.15. The third-order valence-electron chi connectivity index (χ3n) is 2.14. The quantitative estimate of drug-likeness (QED) is 0.685. The normalized spacial score (nSPS) is 14.4. The molecule has 0 aliphatic carbocycles. The minimum absolute atomic E-state index is 0.412. The molecule has 0 aromatic carbocycles. The van der Waals surface area contributed by atoms with Crippen molar-refractivity contribution in [2.75, 3.05) is 7.11 Å². The van der Waals surface area contributed by atoms with Crippen LogP contribution in [0.5, 0.6) is 0 Å². The lowest BCUT2D eigenvalue weighted by Gasteiger charge is -2.17.